The normalized spacial score (nSPS) is 14.3. The average molecular weight is 291 g/mol. The van der Waals surface area contributed by atoms with E-state index >= 15 is 0 Å². The summed E-state index contributed by atoms with van der Waals surface area (Å²) in [5.74, 6) is 3.54. The smallest absolute Gasteiger partial charge is 0.191 e. The van der Waals surface area contributed by atoms with Gasteiger partial charge in [-0.2, -0.15) is 0 Å². The van der Waals surface area contributed by atoms with Crippen LogP contribution in [0.1, 0.15) is 34.1 Å². The lowest BCUT2D eigenvalue weighted by molar-refractivity contribution is 0.240. The minimum absolute atomic E-state index is 0.299. The molecule has 0 saturated heterocycles. The summed E-state index contributed by atoms with van der Waals surface area (Å²) >= 11 is 3.11. The van der Waals surface area contributed by atoms with Gasteiger partial charge in [-0.15, -0.1) is 0 Å². The summed E-state index contributed by atoms with van der Waals surface area (Å²) < 4.78 is 6.11. The van der Waals surface area contributed by atoms with Crippen molar-refractivity contribution >= 4 is 24.2 Å². The molecule has 0 spiro atoms. The number of hydrogen-bond acceptors (Lipinski definition) is 1. The Labute approximate surface area is 104 Å². The highest BCUT2D eigenvalue weighted by Crippen LogP contribution is 2.36. The quantitative estimate of drug-likeness (QED) is 0.551. The molecule has 0 aromatic rings. The molecule has 3 heteroatoms. The van der Waals surface area contributed by atoms with Crippen LogP contribution in [0.15, 0.2) is 0 Å². The largest absolute Gasteiger partial charge is 0.417 e. The van der Waals surface area contributed by atoms with E-state index in [2.05, 4.69) is 67.5 Å². The third-order valence-electron chi connectivity index (χ3n) is 3.05. The average Bonchev–Trinajstić information content (AvgIpc) is 2.09. The minimum Gasteiger partial charge on any atom is -0.417 e. The molecule has 0 radical (unpaired) electrons. The van der Waals surface area contributed by atoms with E-state index in [1.54, 1.807) is 0 Å². The van der Waals surface area contributed by atoms with Gasteiger partial charge in [0.05, 0.1) is 0 Å². The first-order valence-electron chi connectivity index (χ1n) is 5.43. The fourth-order valence-corrected chi connectivity index (χ4v) is 2.13. The Morgan fingerprint density at radius 3 is 2.27 bits per heavy atom. The van der Waals surface area contributed by atoms with Gasteiger partial charge in [-0.3, -0.25) is 0 Å². The summed E-state index contributed by atoms with van der Waals surface area (Å²) in [6.45, 7) is 14.4. The summed E-state index contributed by atoms with van der Waals surface area (Å²) in [5.41, 5.74) is 0. The molecule has 0 aromatic carbocycles. The van der Waals surface area contributed by atoms with Crippen LogP contribution in [0.4, 0.5) is 0 Å². The van der Waals surface area contributed by atoms with Crippen LogP contribution in [0.5, 0.6) is 0 Å². The van der Waals surface area contributed by atoms with Crippen molar-refractivity contribution in [1.29, 1.82) is 0 Å². The van der Waals surface area contributed by atoms with Gasteiger partial charge >= 0.3 is 0 Å². The number of hydrogen-bond donors (Lipinski definition) is 0. The Morgan fingerprint density at radius 1 is 1.33 bits per heavy atom. The van der Waals surface area contributed by atoms with Gasteiger partial charge < -0.3 is 4.43 Å². The van der Waals surface area contributed by atoms with Crippen LogP contribution in [0.25, 0.3) is 0 Å². The van der Waals surface area contributed by atoms with Crippen LogP contribution in [0, 0.1) is 16.7 Å². The molecule has 0 aliphatic rings. The topological polar surface area (TPSA) is 9.23 Å². The molecule has 88 valence electrons. The van der Waals surface area contributed by atoms with Crippen molar-refractivity contribution < 1.29 is 4.43 Å². The molecule has 1 atom stereocenters. The lowest BCUT2D eigenvalue weighted by Gasteiger charge is -2.36. The fraction of sp³-hybridized carbons (Fsp3) is 0.833. The highest BCUT2D eigenvalue weighted by Gasteiger charge is 2.37. The van der Waals surface area contributed by atoms with Crippen molar-refractivity contribution in [2.24, 2.45) is 5.92 Å². The summed E-state index contributed by atoms with van der Waals surface area (Å²) in [7, 11) is -1.57. The second-order valence-corrected chi connectivity index (χ2v) is 10.9. The number of halogens is 1. The Morgan fingerprint density at radius 2 is 1.87 bits per heavy atom. The Balaban J connectivity index is 4.08. The first-order valence-corrected chi connectivity index (χ1v) is 9.13. The van der Waals surface area contributed by atoms with Gasteiger partial charge in [0.15, 0.2) is 8.32 Å². The summed E-state index contributed by atoms with van der Waals surface area (Å²) in [6.07, 6.45) is 0.903. The van der Waals surface area contributed by atoms with E-state index in [4.69, 9.17) is 4.43 Å². The Hall–Kier alpha value is 0.217. The van der Waals surface area contributed by atoms with Crippen molar-refractivity contribution in [3.63, 3.8) is 0 Å². The molecular formula is C12H23BrOSi. The number of rotatable bonds is 4. The van der Waals surface area contributed by atoms with Crippen LogP contribution in [0.3, 0.4) is 0 Å². The van der Waals surface area contributed by atoms with Crippen LogP contribution in [-0.4, -0.2) is 14.9 Å². The van der Waals surface area contributed by atoms with Gasteiger partial charge in [-0.25, -0.2) is 0 Å². The van der Waals surface area contributed by atoms with Crippen molar-refractivity contribution in [1.82, 2.24) is 0 Å². The van der Waals surface area contributed by atoms with Crippen LogP contribution in [-0.2, 0) is 4.43 Å². The maximum absolute atomic E-state index is 6.11. The molecule has 0 bridgehead atoms. The molecular weight excluding hydrogens is 268 g/mol. The SMILES string of the molecule is C[C@H](CC#CBr)CO[Si](C)(C)C(C)(C)C. The molecule has 0 amide bonds. The van der Waals surface area contributed by atoms with Gasteiger partial charge in [0, 0.05) is 29.0 Å². The Bertz CT molecular complexity index is 245. The monoisotopic (exact) mass is 290 g/mol. The molecule has 0 fully saturated rings. The summed E-state index contributed by atoms with van der Waals surface area (Å²) in [5, 5.41) is 0.299. The molecule has 0 saturated carbocycles. The van der Waals surface area contributed by atoms with Crippen LogP contribution >= 0.6 is 15.9 Å². The third-order valence-corrected chi connectivity index (χ3v) is 7.83. The molecule has 0 heterocycles. The first kappa shape index (κ1) is 15.2. The lowest BCUT2D eigenvalue weighted by Crippen LogP contribution is -2.41. The third kappa shape index (κ3) is 5.75. The van der Waals surface area contributed by atoms with Crippen molar-refractivity contribution in [3.05, 3.63) is 0 Å². The van der Waals surface area contributed by atoms with Gasteiger partial charge in [0.1, 0.15) is 0 Å². The standard InChI is InChI=1S/C12H23BrOSi/c1-11(8-7-9-13)10-14-15(5,6)12(2,3)4/h11H,8,10H2,1-6H3/t11-/m1/s1. The molecule has 0 aromatic heterocycles. The maximum atomic E-state index is 6.11. The molecule has 0 rings (SSSR count). The summed E-state index contributed by atoms with van der Waals surface area (Å²) in [4.78, 5) is 2.74. The molecule has 0 N–H and O–H groups in total. The second kappa shape index (κ2) is 6.08. The van der Waals surface area contributed by atoms with Crippen LogP contribution in [0.2, 0.25) is 18.1 Å². The lowest BCUT2D eigenvalue weighted by atomic mass is 10.1. The van der Waals surface area contributed by atoms with Gasteiger partial charge in [0.25, 0.3) is 0 Å². The molecule has 0 unspecified atom stereocenters. The summed E-state index contributed by atoms with van der Waals surface area (Å²) in [6, 6.07) is 0. The second-order valence-electron chi connectivity index (χ2n) is 5.65. The van der Waals surface area contributed by atoms with Crippen molar-refractivity contribution in [2.75, 3.05) is 6.61 Å². The Kier molecular flexibility index (Phi) is 6.16. The van der Waals surface area contributed by atoms with Gasteiger partial charge in [-0.1, -0.05) is 33.6 Å². The predicted molar refractivity (Wildman–Crippen MR) is 73.6 cm³/mol. The predicted octanol–water partition coefficient (Wildman–Crippen LogP) is 4.39. The first-order chi connectivity index (χ1) is 6.70. The highest BCUT2D eigenvalue weighted by molar-refractivity contribution is 9.12. The van der Waals surface area contributed by atoms with Crippen LogP contribution < -0.4 is 0 Å². The van der Waals surface area contributed by atoms with E-state index < -0.39 is 8.32 Å². The molecule has 1 nitrogen and oxygen atoms in total. The zero-order chi connectivity index (χ0) is 12.1. The molecule has 0 aliphatic heterocycles. The van der Waals surface area contributed by atoms with Gasteiger partial charge in [0.2, 0.25) is 0 Å². The minimum atomic E-state index is -1.57. The van der Waals surface area contributed by atoms with E-state index in [0.29, 0.717) is 11.0 Å². The highest BCUT2D eigenvalue weighted by atomic mass is 79.9. The van der Waals surface area contributed by atoms with Crippen molar-refractivity contribution in [2.45, 2.75) is 52.2 Å². The van der Waals surface area contributed by atoms with E-state index in [0.717, 1.165) is 13.0 Å². The van der Waals surface area contributed by atoms with E-state index in [9.17, 15) is 0 Å². The molecule has 15 heavy (non-hydrogen) atoms. The van der Waals surface area contributed by atoms with Gasteiger partial charge in [-0.05, 0) is 28.9 Å². The zero-order valence-electron chi connectivity index (χ0n) is 10.8. The molecule has 0 aliphatic carbocycles. The zero-order valence-corrected chi connectivity index (χ0v) is 13.4. The van der Waals surface area contributed by atoms with E-state index in [1.165, 1.54) is 0 Å². The van der Waals surface area contributed by atoms with Crippen molar-refractivity contribution in [3.8, 4) is 10.8 Å². The van der Waals surface area contributed by atoms with E-state index in [-0.39, 0.29) is 0 Å². The fourth-order valence-electron chi connectivity index (χ4n) is 0.839. The maximum Gasteiger partial charge on any atom is 0.191 e. The van der Waals surface area contributed by atoms with E-state index in [1.807, 2.05) is 0 Å².